The first-order chi connectivity index (χ1) is 7.74. The molecule has 5 heteroatoms. The number of phenols is 1. The number of nitrogens with one attached hydrogen (secondary N) is 1. The summed E-state index contributed by atoms with van der Waals surface area (Å²) in [6.45, 7) is 5.03. The van der Waals surface area contributed by atoms with Crippen molar-refractivity contribution in [2.75, 3.05) is 5.73 Å². The van der Waals surface area contributed by atoms with Crippen molar-refractivity contribution in [2.24, 2.45) is 0 Å². The van der Waals surface area contributed by atoms with Crippen molar-refractivity contribution in [2.45, 2.75) is 32.4 Å². The molecule has 17 heavy (non-hydrogen) atoms. The van der Waals surface area contributed by atoms with E-state index < -0.39 is 11.6 Å². The average molecular weight is 238 g/mol. The van der Waals surface area contributed by atoms with Gasteiger partial charge in [0.25, 0.3) is 5.91 Å². The van der Waals surface area contributed by atoms with Crippen LogP contribution in [0.4, 0.5) is 5.69 Å². The lowest BCUT2D eigenvalue weighted by atomic mass is 9.98. The van der Waals surface area contributed by atoms with E-state index in [-0.39, 0.29) is 17.3 Å². The normalized spacial score (nSPS) is 13.2. The minimum Gasteiger partial charge on any atom is -0.506 e. The van der Waals surface area contributed by atoms with E-state index in [0.29, 0.717) is 5.56 Å². The number of anilines is 1. The van der Waals surface area contributed by atoms with Gasteiger partial charge in [0.1, 0.15) is 5.75 Å². The number of rotatable bonds is 3. The maximum absolute atomic E-state index is 11.9. The Kier molecular flexibility index (Phi) is 3.63. The molecule has 0 aliphatic rings. The van der Waals surface area contributed by atoms with Gasteiger partial charge >= 0.3 is 0 Å². The number of aliphatic hydroxyl groups is 1. The van der Waals surface area contributed by atoms with Crippen molar-refractivity contribution >= 4 is 11.6 Å². The largest absolute Gasteiger partial charge is 0.506 e. The molecule has 0 saturated heterocycles. The van der Waals surface area contributed by atoms with Gasteiger partial charge in [-0.3, -0.25) is 4.79 Å². The molecule has 1 unspecified atom stereocenters. The van der Waals surface area contributed by atoms with Gasteiger partial charge in [-0.05, 0) is 39.0 Å². The average Bonchev–Trinajstić information content (AvgIpc) is 2.21. The van der Waals surface area contributed by atoms with E-state index in [4.69, 9.17) is 5.73 Å². The fourth-order valence-electron chi connectivity index (χ4n) is 1.15. The Morgan fingerprint density at radius 1 is 1.47 bits per heavy atom. The second-order valence-electron chi connectivity index (χ2n) is 4.63. The Morgan fingerprint density at radius 3 is 2.53 bits per heavy atom. The number of nitrogen functional groups attached to an aromatic ring is 1. The second-order valence-corrected chi connectivity index (χ2v) is 4.63. The number of carbonyl (C=O) groups is 1. The Balaban J connectivity index is 2.87. The molecular formula is C12H18N2O3. The minimum atomic E-state index is -0.742. The highest BCUT2D eigenvalue weighted by atomic mass is 16.3. The Bertz CT molecular complexity index is 428. The molecule has 1 amide bonds. The van der Waals surface area contributed by atoms with Gasteiger partial charge in [-0.15, -0.1) is 0 Å². The van der Waals surface area contributed by atoms with Crippen molar-refractivity contribution in [3.8, 4) is 5.75 Å². The topological polar surface area (TPSA) is 95.6 Å². The minimum absolute atomic E-state index is 0.132. The number of amides is 1. The van der Waals surface area contributed by atoms with E-state index in [2.05, 4.69) is 5.32 Å². The molecule has 1 aromatic carbocycles. The lowest BCUT2D eigenvalue weighted by Gasteiger charge is -2.29. The Labute approximate surface area is 100 Å². The van der Waals surface area contributed by atoms with Crippen LogP contribution in [0.5, 0.6) is 5.75 Å². The molecule has 0 aliphatic heterocycles. The van der Waals surface area contributed by atoms with Crippen molar-refractivity contribution in [3.63, 3.8) is 0 Å². The molecule has 5 N–H and O–H groups in total. The molecule has 0 heterocycles. The van der Waals surface area contributed by atoms with Crippen molar-refractivity contribution < 1.29 is 15.0 Å². The smallest absolute Gasteiger partial charge is 0.251 e. The molecule has 1 rings (SSSR count). The van der Waals surface area contributed by atoms with Gasteiger partial charge < -0.3 is 21.3 Å². The molecule has 0 saturated carbocycles. The lowest BCUT2D eigenvalue weighted by molar-refractivity contribution is 0.0709. The van der Waals surface area contributed by atoms with Crippen molar-refractivity contribution in [3.05, 3.63) is 23.8 Å². The number of phenolic OH excluding ortho intramolecular Hbond substituents is 1. The molecule has 5 nitrogen and oxygen atoms in total. The fraction of sp³-hybridized carbons (Fsp3) is 0.417. The SMILES string of the molecule is CC(O)C(C)(C)NC(=O)c1ccc(N)c(O)c1. The van der Waals surface area contributed by atoms with Gasteiger partial charge in [0, 0.05) is 5.56 Å². The predicted octanol–water partition coefficient (Wildman–Crippen LogP) is 0.864. The first-order valence-corrected chi connectivity index (χ1v) is 5.33. The molecule has 0 spiro atoms. The van der Waals surface area contributed by atoms with Crippen LogP contribution < -0.4 is 11.1 Å². The first-order valence-electron chi connectivity index (χ1n) is 5.33. The van der Waals surface area contributed by atoms with E-state index in [1.807, 2.05) is 0 Å². The molecule has 0 radical (unpaired) electrons. The van der Waals surface area contributed by atoms with Gasteiger partial charge in [0.15, 0.2) is 0 Å². The van der Waals surface area contributed by atoms with Crippen LogP contribution in [-0.2, 0) is 0 Å². The number of carbonyl (C=O) groups excluding carboxylic acids is 1. The summed E-state index contributed by atoms with van der Waals surface area (Å²) in [5, 5.41) is 21.6. The number of hydrogen-bond donors (Lipinski definition) is 4. The van der Waals surface area contributed by atoms with E-state index in [9.17, 15) is 15.0 Å². The molecular weight excluding hydrogens is 220 g/mol. The van der Waals surface area contributed by atoms with Crippen LogP contribution in [0, 0.1) is 0 Å². The molecule has 0 fully saturated rings. The van der Waals surface area contributed by atoms with Crippen LogP contribution in [0.2, 0.25) is 0 Å². The lowest BCUT2D eigenvalue weighted by Crippen LogP contribution is -2.50. The van der Waals surface area contributed by atoms with Crippen LogP contribution >= 0.6 is 0 Å². The second kappa shape index (κ2) is 4.63. The summed E-state index contributed by atoms with van der Waals surface area (Å²) in [7, 11) is 0. The molecule has 0 aromatic heterocycles. The summed E-state index contributed by atoms with van der Waals surface area (Å²) in [5.74, 6) is -0.501. The quantitative estimate of drug-likeness (QED) is 0.464. The van der Waals surface area contributed by atoms with Crippen LogP contribution in [-0.4, -0.2) is 27.8 Å². The maximum atomic E-state index is 11.9. The van der Waals surface area contributed by atoms with Crippen LogP contribution in [0.15, 0.2) is 18.2 Å². The molecule has 94 valence electrons. The number of nitrogens with two attached hydrogens (primary N) is 1. The fourth-order valence-corrected chi connectivity index (χ4v) is 1.15. The van der Waals surface area contributed by atoms with Gasteiger partial charge in [0.2, 0.25) is 0 Å². The first kappa shape index (κ1) is 13.3. The highest BCUT2D eigenvalue weighted by molar-refractivity contribution is 5.95. The van der Waals surface area contributed by atoms with Gasteiger partial charge in [-0.1, -0.05) is 0 Å². The Morgan fingerprint density at radius 2 is 2.06 bits per heavy atom. The van der Waals surface area contributed by atoms with E-state index >= 15 is 0 Å². The molecule has 0 aliphatic carbocycles. The zero-order valence-corrected chi connectivity index (χ0v) is 10.2. The third-order valence-electron chi connectivity index (χ3n) is 2.77. The van der Waals surface area contributed by atoms with Crippen LogP contribution in [0.3, 0.4) is 0 Å². The van der Waals surface area contributed by atoms with Gasteiger partial charge in [-0.25, -0.2) is 0 Å². The molecule has 1 aromatic rings. The zero-order valence-electron chi connectivity index (χ0n) is 10.2. The van der Waals surface area contributed by atoms with Gasteiger partial charge in [0.05, 0.1) is 17.3 Å². The summed E-state index contributed by atoms with van der Waals surface area (Å²) in [4.78, 5) is 11.9. The van der Waals surface area contributed by atoms with Gasteiger partial charge in [-0.2, -0.15) is 0 Å². The van der Waals surface area contributed by atoms with Crippen molar-refractivity contribution in [1.82, 2.24) is 5.32 Å². The standard InChI is InChI=1S/C12H18N2O3/c1-7(15)12(2,3)14-11(17)8-4-5-9(13)10(16)6-8/h4-7,15-16H,13H2,1-3H3,(H,14,17). The summed E-state index contributed by atoms with van der Waals surface area (Å²) >= 11 is 0. The third-order valence-corrected chi connectivity index (χ3v) is 2.77. The highest BCUT2D eigenvalue weighted by Crippen LogP contribution is 2.21. The number of benzene rings is 1. The van der Waals surface area contributed by atoms with E-state index in [0.717, 1.165) is 0 Å². The number of hydrogen-bond acceptors (Lipinski definition) is 4. The maximum Gasteiger partial charge on any atom is 0.251 e. The van der Waals surface area contributed by atoms with E-state index in [1.165, 1.54) is 18.2 Å². The third kappa shape index (κ3) is 3.10. The molecule has 0 bridgehead atoms. The molecule has 1 atom stereocenters. The number of aromatic hydroxyl groups is 1. The highest BCUT2D eigenvalue weighted by Gasteiger charge is 2.26. The van der Waals surface area contributed by atoms with Crippen molar-refractivity contribution in [1.29, 1.82) is 0 Å². The number of aliphatic hydroxyl groups excluding tert-OH is 1. The predicted molar refractivity (Wildman–Crippen MR) is 65.7 cm³/mol. The zero-order chi connectivity index (χ0) is 13.2. The van der Waals surface area contributed by atoms with Crippen LogP contribution in [0.1, 0.15) is 31.1 Å². The van der Waals surface area contributed by atoms with Crippen LogP contribution in [0.25, 0.3) is 0 Å². The summed E-state index contributed by atoms with van der Waals surface area (Å²) in [6.07, 6.45) is -0.686. The summed E-state index contributed by atoms with van der Waals surface area (Å²) in [5.41, 5.74) is 5.22. The summed E-state index contributed by atoms with van der Waals surface area (Å²) < 4.78 is 0. The summed E-state index contributed by atoms with van der Waals surface area (Å²) in [6, 6.07) is 4.27. The monoisotopic (exact) mass is 238 g/mol. The van der Waals surface area contributed by atoms with E-state index in [1.54, 1.807) is 20.8 Å². The Hall–Kier alpha value is -1.75.